The zero-order chi connectivity index (χ0) is 30.5. The van der Waals surface area contributed by atoms with Crippen LogP contribution in [-0.2, 0) is 41.5 Å². The molecular weight excluding hydrogens is 655 g/mol. The number of allylic oxidation sites excluding steroid dienone is 4. The first-order valence-electron chi connectivity index (χ1n) is 15.0. The maximum atomic E-state index is 3.67. The van der Waals surface area contributed by atoms with E-state index in [1.165, 1.54) is 77.5 Å². The molecule has 2 aliphatic carbocycles. The SMILES string of the molecule is CC(C)(C)c1[c-]c2c(cc1)-c1ccc(C(C)(C)C)cc1C2.CC1=CC(C)[C-]=C1.Cl.Cl.[Zr+2]=[C](c1ccccc1)c1ccccc1. The van der Waals surface area contributed by atoms with Crippen molar-refractivity contribution in [2.75, 3.05) is 0 Å². The number of benzene rings is 4. The second kappa shape index (κ2) is 16.3. The molecule has 0 N–H and O–H groups in total. The minimum atomic E-state index is 0. The van der Waals surface area contributed by atoms with Crippen molar-refractivity contribution in [3.63, 3.8) is 0 Å². The zero-order valence-corrected chi connectivity index (χ0v) is 31.5. The molecule has 0 nitrogen and oxygen atoms in total. The Morgan fingerprint density at radius 2 is 1.27 bits per heavy atom. The quantitative estimate of drug-likeness (QED) is 0.161. The van der Waals surface area contributed by atoms with Gasteiger partial charge in [-0.15, -0.1) is 42.9 Å². The molecule has 0 saturated heterocycles. The number of fused-ring (bicyclic) bond motifs is 3. The standard InChI is InChI=1S/C21H25.C13H10.C7H9.2ClH.Zr/c1-20(2,3)16-7-9-18-14(12-16)11-15-13-17(21(4,5)6)8-10-19(15)18;1-3-7-12(8-4-1)11-13-9-5-2-6-10-13;1-6-3-4-7(2)5-6;;;/h7-10,12H,11H2,1-6H3;1-10H;3,5,7H,1-2H3;2*1H;/q-1;;-1;;;+2. The molecule has 0 fully saturated rings. The molecule has 1 atom stereocenters. The Bertz CT molecular complexity index is 1480. The molecule has 0 saturated carbocycles. The van der Waals surface area contributed by atoms with Crippen LogP contribution >= 0.6 is 24.8 Å². The molecule has 0 amide bonds. The summed E-state index contributed by atoms with van der Waals surface area (Å²) in [5.74, 6) is 0.556. The summed E-state index contributed by atoms with van der Waals surface area (Å²) in [5, 5.41) is 0. The van der Waals surface area contributed by atoms with Crippen molar-refractivity contribution in [2.24, 2.45) is 5.92 Å². The van der Waals surface area contributed by atoms with Gasteiger partial charge in [-0.2, -0.15) is 29.8 Å². The fourth-order valence-electron chi connectivity index (χ4n) is 5.16. The van der Waals surface area contributed by atoms with Crippen LogP contribution in [0.15, 0.2) is 109 Å². The minimum absolute atomic E-state index is 0. The number of halogens is 2. The van der Waals surface area contributed by atoms with Gasteiger partial charge in [0, 0.05) is 0 Å². The first-order valence-corrected chi connectivity index (χ1v) is 16.2. The van der Waals surface area contributed by atoms with Crippen LogP contribution in [0.2, 0.25) is 0 Å². The predicted octanol–water partition coefficient (Wildman–Crippen LogP) is 11.2. The zero-order valence-electron chi connectivity index (χ0n) is 27.4. The van der Waals surface area contributed by atoms with Gasteiger partial charge in [0.15, 0.2) is 0 Å². The summed E-state index contributed by atoms with van der Waals surface area (Å²) >= 11 is 1.46. The van der Waals surface area contributed by atoms with Crippen molar-refractivity contribution < 1.29 is 24.2 Å². The molecule has 0 heterocycles. The Kier molecular flexibility index (Phi) is 14.0. The molecule has 4 aromatic carbocycles. The Labute approximate surface area is 294 Å². The van der Waals surface area contributed by atoms with Crippen molar-refractivity contribution >= 4 is 28.0 Å². The van der Waals surface area contributed by atoms with E-state index < -0.39 is 0 Å². The molecule has 0 bridgehead atoms. The first kappa shape index (κ1) is 37.9. The maximum absolute atomic E-state index is 3.67. The van der Waals surface area contributed by atoms with Gasteiger partial charge in [-0.1, -0.05) is 78.1 Å². The van der Waals surface area contributed by atoms with E-state index in [0.717, 1.165) is 6.42 Å². The van der Waals surface area contributed by atoms with Crippen molar-refractivity contribution in [3.05, 3.63) is 154 Å². The fourth-order valence-corrected chi connectivity index (χ4v) is 5.98. The second-order valence-electron chi connectivity index (χ2n) is 13.4. The van der Waals surface area contributed by atoms with Crippen LogP contribution in [0.4, 0.5) is 0 Å². The summed E-state index contributed by atoms with van der Waals surface area (Å²) in [6, 6.07) is 36.3. The fraction of sp³-hybridized carbons (Fsp3) is 0.293. The van der Waals surface area contributed by atoms with Crippen LogP contribution in [-0.4, -0.2) is 3.21 Å². The van der Waals surface area contributed by atoms with Gasteiger partial charge < -0.3 is 0 Å². The monoisotopic (exact) mass is 698 g/mol. The Morgan fingerprint density at radius 3 is 1.70 bits per heavy atom. The third-order valence-electron chi connectivity index (χ3n) is 7.68. The molecule has 228 valence electrons. The van der Waals surface area contributed by atoms with Crippen molar-refractivity contribution in [1.29, 1.82) is 0 Å². The number of rotatable bonds is 2. The van der Waals surface area contributed by atoms with E-state index >= 15 is 0 Å². The molecule has 0 radical (unpaired) electrons. The molecule has 0 aromatic heterocycles. The number of hydrogen-bond donors (Lipinski definition) is 0. The third-order valence-corrected chi connectivity index (χ3v) is 9.09. The molecule has 0 spiro atoms. The van der Waals surface area contributed by atoms with E-state index in [9.17, 15) is 0 Å². The van der Waals surface area contributed by atoms with Crippen LogP contribution in [0.1, 0.15) is 88.8 Å². The van der Waals surface area contributed by atoms with E-state index in [1.54, 1.807) is 0 Å². The summed E-state index contributed by atoms with van der Waals surface area (Å²) in [5.41, 5.74) is 12.7. The average molecular weight is 701 g/mol. The average Bonchev–Trinajstić information content (AvgIpc) is 3.53. The molecule has 3 heteroatoms. The summed E-state index contributed by atoms with van der Waals surface area (Å²) in [6.45, 7) is 17.8. The van der Waals surface area contributed by atoms with Gasteiger partial charge in [0.25, 0.3) is 0 Å². The molecule has 2 aliphatic rings. The van der Waals surface area contributed by atoms with Gasteiger partial charge in [0.2, 0.25) is 0 Å². The van der Waals surface area contributed by atoms with E-state index in [4.69, 9.17) is 0 Å². The topological polar surface area (TPSA) is 0 Å². The van der Waals surface area contributed by atoms with Gasteiger partial charge in [-0.3, -0.25) is 6.08 Å². The van der Waals surface area contributed by atoms with Crippen molar-refractivity contribution in [1.82, 2.24) is 0 Å². The van der Waals surface area contributed by atoms with Crippen molar-refractivity contribution in [2.45, 2.75) is 72.6 Å². The summed E-state index contributed by atoms with van der Waals surface area (Å²) < 4.78 is 1.42. The second-order valence-corrected chi connectivity index (χ2v) is 14.7. The van der Waals surface area contributed by atoms with E-state index in [0.29, 0.717) is 5.92 Å². The van der Waals surface area contributed by atoms with Crippen LogP contribution in [0.3, 0.4) is 0 Å². The summed E-state index contributed by atoms with van der Waals surface area (Å²) in [7, 11) is 0. The van der Waals surface area contributed by atoms with Gasteiger partial charge >= 0.3 is 99.2 Å². The third kappa shape index (κ3) is 10.1. The molecular formula is C41H46Cl2Zr. The van der Waals surface area contributed by atoms with E-state index in [1.807, 2.05) is 6.08 Å². The normalized spacial score (nSPS) is 14.3. The summed E-state index contributed by atoms with van der Waals surface area (Å²) in [6.07, 6.45) is 8.40. The van der Waals surface area contributed by atoms with Gasteiger partial charge in [-0.25, -0.2) is 11.6 Å². The van der Waals surface area contributed by atoms with Crippen LogP contribution in [0.5, 0.6) is 0 Å². The van der Waals surface area contributed by atoms with Crippen LogP contribution in [0, 0.1) is 18.1 Å². The predicted molar refractivity (Wildman–Crippen MR) is 192 cm³/mol. The van der Waals surface area contributed by atoms with Gasteiger partial charge in [0.1, 0.15) is 0 Å². The Balaban J connectivity index is 0.000000253. The molecule has 4 aromatic rings. The molecule has 44 heavy (non-hydrogen) atoms. The Morgan fingerprint density at radius 1 is 0.727 bits per heavy atom. The van der Waals surface area contributed by atoms with Crippen LogP contribution < -0.4 is 0 Å². The summed E-state index contributed by atoms with van der Waals surface area (Å²) in [4.78, 5) is 0. The first-order chi connectivity index (χ1) is 19.8. The molecule has 1 unspecified atom stereocenters. The molecule has 0 aliphatic heterocycles. The van der Waals surface area contributed by atoms with E-state index in [-0.39, 0.29) is 35.6 Å². The van der Waals surface area contributed by atoms with E-state index in [2.05, 4.69) is 165 Å². The van der Waals surface area contributed by atoms with Crippen molar-refractivity contribution in [3.8, 4) is 11.1 Å². The van der Waals surface area contributed by atoms with Gasteiger partial charge in [-0.05, 0) is 28.4 Å². The van der Waals surface area contributed by atoms with Crippen LogP contribution in [0.25, 0.3) is 11.1 Å². The molecule has 6 rings (SSSR count). The van der Waals surface area contributed by atoms with Gasteiger partial charge in [0.05, 0.1) is 0 Å². The number of hydrogen-bond acceptors (Lipinski definition) is 0. The Hall–Kier alpha value is -2.31.